The normalized spacial score (nSPS) is 17.5. The van der Waals surface area contributed by atoms with E-state index in [0.29, 0.717) is 0 Å². The quantitative estimate of drug-likeness (QED) is 0.550. The first-order valence-electron chi connectivity index (χ1n) is 4.11. The number of hydrogen-bond acceptors (Lipinski definition) is 1. The van der Waals surface area contributed by atoms with Gasteiger partial charge in [-0.3, -0.25) is 0 Å². The molecule has 0 saturated carbocycles. The van der Waals surface area contributed by atoms with Gasteiger partial charge >= 0.3 is 0 Å². The van der Waals surface area contributed by atoms with Gasteiger partial charge in [-0.2, -0.15) is 0 Å². The number of aromatic nitrogens is 1. The molecule has 0 N–H and O–H groups in total. The van der Waals surface area contributed by atoms with Crippen molar-refractivity contribution in [1.82, 2.24) is 4.57 Å². The molecule has 0 spiro atoms. The number of fused-ring (bicyclic) bond motifs is 1. The van der Waals surface area contributed by atoms with Crippen LogP contribution in [-0.2, 0) is 17.9 Å². The third-order valence-electron chi connectivity index (χ3n) is 2.21. The van der Waals surface area contributed by atoms with Gasteiger partial charge in [0.05, 0.1) is 6.61 Å². The Bertz CT molecular complexity index is 252. The average molecular weight is 151 g/mol. The van der Waals surface area contributed by atoms with Gasteiger partial charge in [0.1, 0.15) is 0 Å². The van der Waals surface area contributed by atoms with E-state index < -0.39 is 0 Å². The summed E-state index contributed by atoms with van der Waals surface area (Å²) in [6.07, 6.45) is 1.14. The Labute approximate surface area is 66.8 Å². The Hall–Kier alpha value is -0.760. The number of nitrogens with zero attached hydrogens (tertiary/aromatic N) is 1. The van der Waals surface area contributed by atoms with E-state index in [-0.39, 0.29) is 0 Å². The molecule has 1 aromatic heterocycles. The summed E-state index contributed by atoms with van der Waals surface area (Å²) in [4.78, 5) is 0. The zero-order chi connectivity index (χ0) is 7.68. The molecule has 0 amide bonds. The van der Waals surface area contributed by atoms with Gasteiger partial charge in [0.2, 0.25) is 0 Å². The van der Waals surface area contributed by atoms with E-state index in [0.717, 1.165) is 26.2 Å². The predicted octanol–water partition coefficient (Wildman–Crippen LogP) is 1.72. The number of rotatable bonds is 0. The van der Waals surface area contributed by atoms with Crippen LogP contribution >= 0.6 is 0 Å². The van der Waals surface area contributed by atoms with Crippen LogP contribution in [0, 0.1) is 6.92 Å². The minimum absolute atomic E-state index is 0.786. The molecule has 1 aromatic rings. The molecule has 0 unspecified atom stereocenters. The van der Waals surface area contributed by atoms with Crippen molar-refractivity contribution < 1.29 is 4.74 Å². The highest BCUT2D eigenvalue weighted by Crippen LogP contribution is 2.13. The Morgan fingerprint density at radius 2 is 2.36 bits per heavy atom. The first-order valence-corrected chi connectivity index (χ1v) is 4.11. The van der Waals surface area contributed by atoms with Crippen LogP contribution in [0.25, 0.3) is 0 Å². The highest BCUT2D eigenvalue weighted by Gasteiger charge is 2.07. The van der Waals surface area contributed by atoms with E-state index in [2.05, 4.69) is 23.6 Å². The zero-order valence-corrected chi connectivity index (χ0v) is 6.84. The highest BCUT2D eigenvalue weighted by atomic mass is 16.5. The van der Waals surface area contributed by atoms with Crippen LogP contribution in [0.1, 0.15) is 17.8 Å². The lowest BCUT2D eigenvalue weighted by atomic mass is 10.4. The van der Waals surface area contributed by atoms with E-state index in [9.17, 15) is 0 Å². The van der Waals surface area contributed by atoms with Gasteiger partial charge in [-0.15, -0.1) is 0 Å². The van der Waals surface area contributed by atoms with Crippen molar-refractivity contribution in [2.45, 2.75) is 26.5 Å². The van der Waals surface area contributed by atoms with Crippen LogP contribution in [0.4, 0.5) is 0 Å². The molecule has 0 aliphatic carbocycles. The van der Waals surface area contributed by atoms with Gasteiger partial charge in [0.25, 0.3) is 0 Å². The molecule has 0 atom stereocenters. The van der Waals surface area contributed by atoms with Crippen LogP contribution < -0.4 is 0 Å². The molecular formula is C9H13NO. The Morgan fingerprint density at radius 1 is 1.45 bits per heavy atom. The summed E-state index contributed by atoms with van der Waals surface area (Å²) in [6.45, 7) is 4.96. The molecule has 0 bridgehead atoms. The molecule has 2 nitrogen and oxygen atoms in total. The van der Waals surface area contributed by atoms with E-state index in [1.165, 1.54) is 11.4 Å². The molecule has 0 radical (unpaired) electrons. The van der Waals surface area contributed by atoms with E-state index >= 15 is 0 Å². The SMILES string of the molecule is Cc1ccc2n1CCCOC2. The maximum Gasteiger partial charge on any atom is 0.0867 e. The molecule has 1 aliphatic rings. The van der Waals surface area contributed by atoms with Crippen LogP contribution in [0.2, 0.25) is 0 Å². The van der Waals surface area contributed by atoms with Crippen LogP contribution in [0.5, 0.6) is 0 Å². The van der Waals surface area contributed by atoms with Crippen molar-refractivity contribution in [2.24, 2.45) is 0 Å². The molecule has 11 heavy (non-hydrogen) atoms. The van der Waals surface area contributed by atoms with Crippen molar-refractivity contribution in [1.29, 1.82) is 0 Å². The first-order chi connectivity index (χ1) is 5.38. The topological polar surface area (TPSA) is 14.2 Å². The van der Waals surface area contributed by atoms with Crippen LogP contribution in [-0.4, -0.2) is 11.2 Å². The van der Waals surface area contributed by atoms with Crippen LogP contribution in [0.3, 0.4) is 0 Å². The number of ether oxygens (including phenoxy) is 1. The summed E-state index contributed by atoms with van der Waals surface area (Å²) in [5, 5.41) is 0. The van der Waals surface area contributed by atoms with E-state index in [4.69, 9.17) is 4.74 Å². The number of hydrogen-bond donors (Lipinski definition) is 0. The molecule has 0 aromatic carbocycles. The van der Waals surface area contributed by atoms with Crippen LogP contribution in [0.15, 0.2) is 12.1 Å². The van der Waals surface area contributed by atoms with Gasteiger partial charge in [0, 0.05) is 24.5 Å². The minimum atomic E-state index is 0.786. The molecule has 0 saturated heterocycles. The van der Waals surface area contributed by atoms with Crippen molar-refractivity contribution >= 4 is 0 Å². The lowest BCUT2D eigenvalue weighted by Gasteiger charge is -2.04. The van der Waals surface area contributed by atoms with Crippen molar-refractivity contribution in [2.75, 3.05) is 6.61 Å². The monoisotopic (exact) mass is 151 g/mol. The average Bonchev–Trinajstić information content (AvgIpc) is 2.25. The molecule has 60 valence electrons. The molecule has 2 heteroatoms. The fraction of sp³-hybridized carbons (Fsp3) is 0.556. The summed E-state index contributed by atoms with van der Waals surface area (Å²) < 4.78 is 7.75. The smallest absolute Gasteiger partial charge is 0.0867 e. The largest absolute Gasteiger partial charge is 0.375 e. The third-order valence-corrected chi connectivity index (χ3v) is 2.21. The highest BCUT2D eigenvalue weighted by molar-refractivity contribution is 5.14. The van der Waals surface area contributed by atoms with Gasteiger partial charge in [0.15, 0.2) is 0 Å². The Morgan fingerprint density at radius 3 is 3.27 bits per heavy atom. The second kappa shape index (κ2) is 2.70. The van der Waals surface area contributed by atoms with Crippen molar-refractivity contribution in [3.63, 3.8) is 0 Å². The molecule has 1 aliphatic heterocycles. The summed E-state index contributed by atoms with van der Waals surface area (Å²) >= 11 is 0. The summed E-state index contributed by atoms with van der Waals surface area (Å²) in [6, 6.07) is 4.31. The standard InChI is InChI=1S/C9H13NO/c1-8-3-4-9-7-11-6-2-5-10(8)9/h3-4H,2,5-7H2,1H3. The Kier molecular flexibility index (Phi) is 1.70. The van der Waals surface area contributed by atoms with E-state index in [1.54, 1.807) is 0 Å². The second-order valence-corrected chi connectivity index (χ2v) is 3.02. The van der Waals surface area contributed by atoms with Gasteiger partial charge < -0.3 is 9.30 Å². The molecule has 2 heterocycles. The number of aryl methyl sites for hydroxylation is 1. The molecule has 0 fully saturated rings. The minimum Gasteiger partial charge on any atom is -0.375 e. The van der Waals surface area contributed by atoms with E-state index in [1.807, 2.05) is 0 Å². The zero-order valence-electron chi connectivity index (χ0n) is 6.84. The summed E-state index contributed by atoms with van der Waals surface area (Å²) in [5.74, 6) is 0. The van der Waals surface area contributed by atoms with Gasteiger partial charge in [-0.1, -0.05) is 0 Å². The fourth-order valence-corrected chi connectivity index (χ4v) is 1.57. The fourth-order valence-electron chi connectivity index (χ4n) is 1.57. The molecule has 2 rings (SSSR count). The lowest BCUT2D eigenvalue weighted by molar-refractivity contribution is 0.125. The van der Waals surface area contributed by atoms with Crippen molar-refractivity contribution in [3.05, 3.63) is 23.5 Å². The maximum absolute atomic E-state index is 5.41. The Balaban J connectivity index is 2.35. The molecular weight excluding hydrogens is 138 g/mol. The third kappa shape index (κ3) is 1.18. The predicted molar refractivity (Wildman–Crippen MR) is 43.4 cm³/mol. The maximum atomic E-state index is 5.41. The summed E-state index contributed by atoms with van der Waals surface area (Å²) in [7, 11) is 0. The summed E-state index contributed by atoms with van der Waals surface area (Å²) in [5.41, 5.74) is 2.67. The first kappa shape index (κ1) is 6.92. The van der Waals surface area contributed by atoms with Crippen molar-refractivity contribution in [3.8, 4) is 0 Å². The lowest BCUT2D eigenvalue weighted by Crippen LogP contribution is -2.01. The van der Waals surface area contributed by atoms with Gasteiger partial charge in [-0.25, -0.2) is 0 Å². The second-order valence-electron chi connectivity index (χ2n) is 3.02. The van der Waals surface area contributed by atoms with Gasteiger partial charge in [-0.05, 0) is 25.5 Å².